The average molecular weight is 512 g/mol. The maximum Gasteiger partial charge on any atom is 0.348 e. The summed E-state index contributed by atoms with van der Waals surface area (Å²) in [5, 5.41) is 1.28. The zero-order valence-corrected chi connectivity index (χ0v) is 24.7. The van der Waals surface area contributed by atoms with Crippen LogP contribution >= 0.6 is 15.9 Å². The molecule has 0 amide bonds. The van der Waals surface area contributed by atoms with Crippen LogP contribution in [0.4, 0.5) is 0 Å². The molecule has 0 atom stereocenters. The van der Waals surface area contributed by atoms with Gasteiger partial charge in [0.05, 0.1) is 0 Å². The Morgan fingerprint density at radius 3 is 1.14 bits per heavy atom. The SMILES string of the molecule is Cc1cc(C)cc(Br)c1.Cc1cc(C)cc([Si](C)(O[Si](C)(C)C)O[Si](C)(C)C)c1. The van der Waals surface area contributed by atoms with Crippen LogP contribution in [0.1, 0.15) is 22.3 Å². The predicted octanol–water partition coefficient (Wildman–Crippen LogP) is 7.35. The average Bonchev–Trinajstić information content (AvgIpc) is 2.40. The maximum atomic E-state index is 6.59. The molecule has 0 aliphatic rings. The summed E-state index contributed by atoms with van der Waals surface area (Å²) in [7, 11) is -5.64. The molecule has 162 valence electrons. The van der Waals surface area contributed by atoms with E-state index in [0.717, 1.165) is 0 Å². The molecule has 2 aromatic carbocycles. The van der Waals surface area contributed by atoms with Crippen LogP contribution in [-0.2, 0) is 8.23 Å². The third-order valence-electron chi connectivity index (χ3n) is 3.93. The van der Waals surface area contributed by atoms with E-state index in [2.05, 4.69) is 126 Å². The molecule has 2 rings (SSSR count). The molecule has 0 spiro atoms. The van der Waals surface area contributed by atoms with E-state index in [0.29, 0.717) is 0 Å². The molecule has 0 aromatic heterocycles. The van der Waals surface area contributed by atoms with Crippen LogP contribution in [0.2, 0.25) is 45.8 Å². The second-order valence-corrected chi connectivity index (χ2v) is 23.5. The fourth-order valence-electron chi connectivity index (χ4n) is 3.46. The highest BCUT2D eigenvalue weighted by atomic mass is 79.9. The fraction of sp³-hybridized carbons (Fsp3) is 0.478. The first-order chi connectivity index (χ1) is 13.0. The molecule has 2 nitrogen and oxygen atoms in total. The van der Waals surface area contributed by atoms with Gasteiger partial charge in [-0.3, -0.25) is 0 Å². The highest BCUT2D eigenvalue weighted by Crippen LogP contribution is 2.21. The van der Waals surface area contributed by atoms with Crippen LogP contribution < -0.4 is 5.19 Å². The summed E-state index contributed by atoms with van der Waals surface area (Å²) in [6, 6.07) is 13.1. The van der Waals surface area contributed by atoms with Crippen LogP contribution in [-0.4, -0.2) is 25.2 Å². The first-order valence-electron chi connectivity index (χ1n) is 10.2. The lowest BCUT2D eigenvalue weighted by molar-refractivity contribution is 0.404. The molecule has 29 heavy (non-hydrogen) atoms. The quantitative estimate of drug-likeness (QED) is 0.391. The van der Waals surface area contributed by atoms with Crippen LogP contribution in [0.15, 0.2) is 40.9 Å². The number of rotatable bonds is 5. The van der Waals surface area contributed by atoms with Crippen molar-refractivity contribution in [3.63, 3.8) is 0 Å². The van der Waals surface area contributed by atoms with Gasteiger partial charge in [-0.25, -0.2) is 0 Å². The Kier molecular flexibility index (Phi) is 9.33. The van der Waals surface area contributed by atoms with Gasteiger partial charge in [0.15, 0.2) is 16.6 Å². The van der Waals surface area contributed by atoms with Gasteiger partial charge in [0.1, 0.15) is 0 Å². The minimum atomic E-state index is -2.34. The van der Waals surface area contributed by atoms with Gasteiger partial charge in [-0.15, -0.1) is 0 Å². The molecule has 0 aliphatic carbocycles. The molecule has 0 fully saturated rings. The lowest BCUT2D eigenvalue weighted by atomic mass is 10.2. The Balaban J connectivity index is 0.000000387. The molecule has 0 saturated carbocycles. The minimum absolute atomic E-state index is 1.17. The number of aryl methyl sites for hydroxylation is 4. The van der Waals surface area contributed by atoms with Crippen molar-refractivity contribution in [1.29, 1.82) is 0 Å². The van der Waals surface area contributed by atoms with E-state index in [1.54, 1.807) is 0 Å². The van der Waals surface area contributed by atoms with Crippen LogP contribution in [0.25, 0.3) is 0 Å². The Morgan fingerprint density at radius 1 is 0.552 bits per heavy atom. The zero-order chi connectivity index (χ0) is 22.6. The van der Waals surface area contributed by atoms with E-state index in [1.807, 2.05) is 0 Å². The Morgan fingerprint density at radius 2 is 0.862 bits per heavy atom. The first-order valence-corrected chi connectivity index (χ1v) is 20.1. The van der Waals surface area contributed by atoms with Crippen molar-refractivity contribution in [2.45, 2.75) is 73.5 Å². The van der Waals surface area contributed by atoms with Gasteiger partial charge < -0.3 is 8.23 Å². The van der Waals surface area contributed by atoms with Crippen molar-refractivity contribution in [2.75, 3.05) is 0 Å². The Bertz CT molecular complexity index is 737. The molecule has 0 unspecified atom stereocenters. The Hall–Kier alpha value is -0.509. The molecule has 0 saturated heterocycles. The lowest BCUT2D eigenvalue weighted by Gasteiger charge is -2.39. The first kappa shape index (κ1) is 26.5. The normalized spacial score (nSPS) is 12.4. The third-order valence-corrected chi connectivity index (χ3v) is 13.7. The van der Waals surface area contributed by atoms with Gasteiger partial charge in [-0.05, 0) is 102 Å². The zero-order valence-electron chi connectivity index (χ0n) is 20.2. The maximum absolute atomic E-state index is 6.59. The number of benzene rings is 2. The van der Waals surface area contributed by atoms with Gasteiger partial charge >= 0.3 is 8.56 Å². The summed E-state index contributed by atoms with van der Waals surface area (Å²) >= 11 is 3.41. The molecular formula is C23H39BrO2Si3. The highest BCUT2D eigenvalue weighted by molar-refractivity contribution is 9.10. The molecule has 0 radical (unpaired) electrons. The Labute approximate surface area is 190 Å². The predicted molar refractivity (Wildman–Crippen MR) is 140 cm³/mol. The molecule has 0 heterocycles. The van der Waals surface area contributed by atoms with E-state index in [9.17, 15) is 0 Å². The summed E-state index contributed by atoms with van der Waals surface area (Å²) in [5.74, 6) is 0. The summed E-state index contributed by atoms with van der Waals surface area (Å²) in [6.07, 6.45) is 0. The highest BCUT2D eigenvalue weighted by Gasteiger charge is 2.42. The monoisotopic (exact) mass is 510 g/mol. The number of halogens is 1. The van der Waals surface area contributed by atoms with Gasteiger partial charge in [0, 0.05) is 4.47 Å². The standard InChI is InChI=1S/C15H30O2Si3.C8H9Br/c1-13-10-14(2)12-15(11-13)20(9,16-18(3,4)5)17-19(6,7)8;1-6-3-7(2)5-8(9)4-6/h10-12H,1-9H3;3-5H,1-2H3. The number of hydrogen-bond donors (Lipinski definition) is 0. The topological polar surface area (TPSA) is 18.5 Å². The van der Waals surface area contributed by atoms with Gasteiger partial charge in [0.25, 0.3) is 0 Å². The van der Waals surface area contributed by atoms with E-state index >= 15 is 0 Å². The largest absolute Gasteiger partial charge is 0.433 e. The van der Waals surface area contributed by atoms with Crippen LogP contribution in [0, 0.1) is 27.7 Å². The summed E-state index contributed by atoms with van der Waals surface area (Å²) in [5.41, 5.74) is 5.19. The van der Waals surface area contributed by atoms with E-state index in [4.69, 9.17) is 8.23 Å². The molecule has 2 aromatic rings. The van der Waals surface area contributed by atoms with Gasteiger partial charge in [-0.2, -0.15) is 0 Å². The lowest BCUT2D eigenvalue weighted by Crippen LogP contribution is -2.60. The second-order valence-electron chi connectivity index (χ2n) is 10.1. The molecular weight excluding hydrogens is 472 g/mol. The second kappa shape index (κ2) is 10.2. The van der Waals surface area contributed by atoms with Gasteiger partial charge in [0.2, 0.25) is 0 Å². The molecule has 0 aliphatic heterocycles. The van der Waals surface area contributed by atoms with Crippen molar-refractivity contribution in [3.8, 4) is 0 Å². The number of hydrogen-bond acceptors (Lipinski definition) is 2. The smallest absolute Gasteiger partial charge is 0.348 e. The van der Waals surface area contributed by atoms with Crippen molar-refractivity contribution >= 4 is 46.3 Å². The van der Waals surface area contributed by atoms with Crippen LogP contribution in [0.5, 0.6) is 0 Å². The van der Waals surface area contributed by atoms with E-state index in [1.165, 1.54) is 31.9 Å². The van der Waals surface area contributed by atoms with Crippen LogP contribution in [0.3, 0.4) is 0 Å². The van der Waals surface area contributed by atoms with Crippen molar-refractivity contribution in [2.24, 2.45) is 0 Å². The molecule has 0 N–H and O–H groups in total. The summed E-state index contributed by atoms with van der Waals surface area (Å²) < 4.78 is 14.3. The van der Waals surface area contributed by atoms with E-state index < -0.39 is 25.2 Å². The third kappa shape index (κ3) is 10.4. The molecule has 0 bridgehead atoms. The summed E-state index contributed by atoms with van der Waals surface area (Å²) in [4.78, 5) is 0. The van der Waals surface area contributed by atoms with Crippen molar-refractivity contribution < 1.29 is 8.23 Å². The van der Waals surface area contributed by atoms with Gasteiger partial charge in [-0.1, -0.05) is 51.3 Å². The minimum Gasteiger partial charge on any atom is -0.433 e. The fourth-order valence-corrected chi connectivity index (χ4v) is 16.0. The van der Waals surface area contributed by atoms with E-state index in [-0.39, 0.29) is 0 Å². The van der Waals surface area contributed by atoms with Crippen molar-refractivity contribution in [1.82, 2.24) is 0 Å². The van der Waals surface area contributed by atoms with Crippen molar-refractivity contribution in [3.05, 3.63) is 63.1 Å². The summed E-state index contributed by atoms with van der Waals surface area (Å²) in [6.45, 7) is 24.2. The molecule has 6 heteroatoms.